The Morgan fingerprint density at radius 3 is 2.71 bits per heavy atom. The molecule has 1 heterocycles. The van der Waals surface area contributed by atoms with Gasteiger partial charge in [0.05, 0.1) is 19.8 Å². The van der Waals surface area contributed by atoms with Gasteiger partial charge in [-0.3, -0.25) is 4.79 Å². The number of aliphatic hydroxyl groups is 1. The van der Waals surface area contributed by atoms with Crippen molar-refractivity contribution in [3.63, 3.8) is 0 Å². The van der Waals surface area contributed by atoms with E-state index in [0.717, 1.165) is 5.56 Å². The minimum Gasteiger partial charge on any atom is -0.393 e. The minimum atomic E-state index is -0.831. The van der Waals surface area contributed by atoms with Gasteiger partial charge in [0, 0.05) is 18.5 Å². The lowest BCUT2D eigenvalue weighted by molar-refractivity contribution is -0.123. The molecule has 1 aliphatic rings. The van der Waals surface area contributed by atoms with Crippen molar-refractivity contribution in [3.05, 3.63) is 71.5 Å². The zero-order valence-corrected chi connectivity index (χ0v) is 13.3. The number of hydrogen-bond donors (Lipinski definition) is 1. The van der Waals surface area contributed by atoms with E-state index in [9.17, 15) is 14.3 Å². The summed E-state index contributed by atoms with van der Waals surface area (Å²) >= 11 is 0. The second-order valence-electron chi connectivity index (χ2n) is 6.09. The summed E-state index contributed by atoms with van der Waals surface area (Å²) in [5, 5.41) is 9.89. The highest BCUT2D eigenvalue weighted by Crippen LogP contribution is 2.24. The summed E-state index contributed by atoms with van der Waals surface area (Å²) in [6.45, 7) is 0.850. The van der Waals surface area contributed by atoms with E-state index < -0.39 is 11.4 Å². The van der Waals surface area contributed by atoms with Gasteiger partial charge in [0.1, 0.15) is 11.4 Å². The van der Waals surface area contributed by atoms with E-state index in [1.54, 1.807) is 11.0 Å². The van der Waals surface area contributed by atoms with E-state index in [2.05, 4.69) is 0 Å². The van der Waals surface area contributed by atoms with Crippen molar-refractivity contribution in [2.45, 2.75) is 12.0 Å². The third-order valence-corrected chi connectivity index (χ3v) is 4.26. The first kappa shape index (κ1) is 16.6. The topological polar surface area (TPSA) is 49.8 Å². The van der Waals surface area contributed by atoms with Crippen molar-refractivity contribution in [2.24, 2.45) is 0 Å². The predicted molar refractivity (Wildman–Crippen MR) is 88.2 cm³/mol. The van der Waals surface area contributed by atoms with Crippen LogP contribution in [0.1, 0.15) is 15.9 Å². The molecule has 3 rings (SSSR count). The van der Waals surface area contributed by atoms with Gasteiger partial charge in [-0.25, -0.2) is 4.39 Å². The molecule has 0 spiro atoms. The summed E-state index contributed by atoms with van der Waals surface area (Å²) in [6, 6.07) is 15.4. The quantitative estimate of drug-likeness (QED) is 0.936. The number of carbonyl (C=O) groups is 1. The molecule has 0 aromatic heterocycles. The number of benzene rings is 2. The molecule has 5 heteroatoms. The molecule has 2 aromatic rings. The standard InChI is InChI=1S/C19H20FNO3/c20-17-8-4-7-16(11-17)18(23)21-9-10-24-19(13-21,14-22)12-15-5-2-1-3-6-15/h1-8,11,22H,9-10,12-14H2/t19-/m1/s1. The normalized spacial score (nSPS) is 20.8. The lowest BCUT2D eigenvalue weighted by atomic mass is 9.93. The summed E-state index contributed by atoms with van der Waals surface area (Å²) in [5.41, 5.74) is 0.512. The Balaban J connectivity index is 1.78. The molecule has 1 N–H and O–H groups in total. The fourth-order valence-electron chi connectivity index (χ4n) is 3.05. The molecule has 0 bridgehead atoms. The molecule has 126 valence electrons. The summed E-state index contributed by atoms with van der Waals surface area (Å²) < 4.78 is 19.2. The van der Waals surface area contributed by atoms with Crippen LogP contribution in [0.3, 0.4) is 0 Å². The van der Waals surface area contributed by atoms with Crippen molar-refractivity contribution >= 4 is 5.91 Å². The van der Waals surface area contributed by atoms with Crippen LogP contribution in [0, 0.1) is 5.82 Å². The molecule has 1 saturated heterocycles. The fourth-order valence-corrected chi connectivity index (χ4v) is 3.05. The van der Waals surface area contributed by atoms with Crippen LogP contribution in [0.2, 0.25) is 0 Å². The molecule has 1 amide bonds. The zero-order valence-electron chi connectivity index (χ0n) is 13.3. The smallest absolute Gasteiger partial charge is 0.254 e. The highest BCUT2D eigenvalue weighted by molar-refractivity contribution is 5.94. The Morgan fingerprint density at radius 2 is 2.00 bits per heavy atom. The number of nitrogens with zero attached hydrogens (tertiary/aromatic N) is 1. The van der Waals surface area contributed by atoms with Gasteiger partial charge in [0.15, 0.2) is 0 Å². The van der Waals surface area contributed by atoms with Crippen LogP contribution in [-0.4, -0.2) is 47.8 Å². The molecule has 2 aromatic carbocycles. The van der Waals surface area contributed by atoms with Gasteiger partial charge >= 0.3 is 0 Å². The van der Waals surface area contributed by atoms with Gasteiger partial charge in [-0.1, -0.05) is 36.4 Å². The predicted octanol–water partition coefficient (Wildman–Crippen LogP) is 2.27. The van der Waals surface area contributed by atoms with Gasteiger partial charge in [0.2, 0.25) is 0 Å². The van der Waals surface area contributed by atoms with Crippen molar-refractivity contribution in [1.29, 1.82) is 0 Å². The van der Waals surface area contributed by atoms with Crippen molar-refractivity contribution < 1.29 is 19.0 Å². The number of hydrogen-bond acceptors (Lipinski definition) is 3. The minimum absolute atomic E-state index is 0.186. The van der Waals surface area contributed by atoms with Crippen molar-refractivity contribution in [3.8, 4) is 0 Å². The van der Waals surface area contributed by atoms with Crippen LogP contribution in [0.5, 0.6) is 0 Å². The summed E-state index contributed by atoms with van der Waals surface area (Å²) in [5.74, 6) is -0.685. The number of morpholine rings is 1. The average molecular weight is 329 g/mol. The highest BCUT2D eigenvalue weighted by atomic mass is 19.1. The van der Waals surface area contributed by atoms with E-state index in [1.165, 1.54) is 18.2 Å². The van der Waals surface area contributed by atoms with Crippen molar-refractivity contribution in [2.75, 3.05) is 26.3 Å². The largest absolute Gasteiger partial charge is 0.393 e. The lowest BCUT2D eigenvalue weighted by Crippen LogP contribution is -2.56. The molecule has 1 atom stereocenters. The van der Waals surface area contributed by atoms with Gasteiger partial charge in [-0.05, 0) is 23.8 Å². The molecule has 0 radical (unpaired) electrons. The first-order valence-electron chi connectivity index (χ1n) is 7.95. The molecular formula is C19H20FNO3. The Labute approximate surface area is 140 Å². The van der Waals surface area contributed by atoms with E-state index in [1.807, 2.05) is 30.3 Å². The molecule has 0 saturated carbocycles. The van der Waals surface area contributed by atoms with Gasteiger partial charge in [0.25, 0.3) is 5.91 Å². The molecule has 1 fully saturated rings. The van der Waals surface area contributed by atoms with Crippen molar-refractivity contribution in [1.82, 2.24) is 4.90 Å². The maximum absolute atomic E-state index is 13.4. The molecular weight excluding hydrogens is 309 g/mol. The van der Waals surface area contributed by atoms with Crippen LogP contribution in [0.15, 0.2) is 54.6 Å². The van der Waals surface area contributed by atoms with Crippen LogP contribution in [0.4, 0.5) is 4.39 Å². The Hall–Kier alpha value is -2.24. The molecule has 4 nitrogen and oxygen atoms in total. The Morgan fingerprint density at radius 1 is 1.21 bits per heavy atom. The summed E-state index contributed by atoms with van der Waals surface area (Å²) in [6.07, 6.45) is 0.511. The first-order valence-corrected chi connectivity index (χ1v) is 7.95. The van der Waals surface area contributed by atoms with Crippen LogP contribution < -0.4 is 0 Å². The summed E-state index contributed by atoms with van der Waals surface area (Å²) in [7, 11) is 0. The fraction of sp³-hybridized carbons (Fsp3) is 0.316. The zero-order chi connectivity index (χ0) is 17.0. The Bertz CT molecular complexity index is 707. The van der Waals surface area contributed by atoms with E-state index in [0.29, 0.717) is 25.1 Å². The third-order valence-electron chi connectivity index (χ3n) is 4.26. The van der Waals surface area contributed by atoms with E-state index in [4.69, 9.17) is 4.74 Å². The number of carbonyl (C=O) groups excluding carboxylic acids is 1. The number of rotatable bonds is 4. The Kier molecular flexibility index (Phi) is 4.92. The van der Waals surface area contributed by atoms with Gasteiger partial charge in [-0.2, -0.15) is 0 Å². The number of amides is 1. The molecule has 24 heavy (non-hydrogen) atoms. The molecule has 1 aliphatic heterocycles. The van der Waals surface area contributed by atoms with Crippen LogP contribution in [-0.2, 0) is 11.2 Å². The SMILES string of the molecule is O=C(c1cccc(F)c1)N1CCO[C@](CO)(Cc2ccccc2)C1. The number of ether oxygens (including phenoxy) is 1. The van der Waals surface area contributed by atoms with Crippen LogP contribution in [0.25, 0.3) is 0 Å². The second-order valence-corrected chi connectivity index (χ2v) is 6.09. The summed E-state index contributed by atoms with van der Waals surface area (Å²) in [4.78, 5) is 14.3. The lowest BCUT2D eigenvalue weighted by Gasteiger charge is -2.42. The highest BCUT2D eigenvalue weighted by Gasteiger charge is 2.38. The average Bonchev–Trinajstić information content (AvgIpc) is 2.62. The van der Waals surface area contributed by atoms with E-state index in [-0.39, 0.29) is 19.1 Å². The number of halogens is 1. The van der Waals surface area contributed by atoms with Gasteiger partial charge < -0.3 is 14.7 Å². The molecule has 0 aliphatic carbocycles. The maximum Gasteiger partial charge on any atom is 0.254 e. The second kappa shape index (κ2) is 7.11. The maximum atomic E-state index is 13.4. The third kappa shape index (κ3) is 3.63. The van der Waals surface area contributed by atoms with E-state index >= 15 is 0 Å². The first-order chi connectivity index (χ1) is 11.6. The monoisotopic (exact) mass is 329 g/mol. The van der Waals surface area contributed by atoms with Gasteiger partial charge in [-0.15, -0.1) is 0 Å². The molecule has 0 unspecified atom stereocenters. The van der Waals surface area contributed by atoms with Crippen LogP contribution >= 0.6 is 0 Å². The number of aliphatic hydroxyl groups excluding tert-OH is 1.